The summed E-state index contributed by atoms with van der Waals surface area (Å²) >= 11 is 0. The van der Waals surface area contributed by atoms with Crippen LogP contribution in [0.3, 0.4) is 0 Å². The van der Waals surface area contributed by atoms with Crippen LogP contribution in [0.25, 0.3) is 0 Å². The number of nitro groups is 1. The molecule has 0 radical (unpaired) electrons. The van der Waals surface area contributed by atoms with Gasteiger partial charge in [0.05, 0.1) is 23.1 Å². The van der Waals surface area contributed by atoms with E-state index in [4.69, 9.17) is 5.26 Å². The Hall–Kier alpha value is -2.17. The maximum atomic E-state index is 13.0. The van der Waals surface area contributed by atoms with Crippen LogP contribution in [0.2, 0.25) is 0 Å². The minimum atomic E-state index is -3.33. The quantitative estimate of drug-likeness (QED) is 0.453. The summed E-state index contributed by atoms with van der Waals surface area (Å²) in [5.74, 6) is -1.62. The molecule has 1 aromatic heterocycles. The van der Waals surface area contributed by atoms with Crippen LogP contribution < -0.4 is 0 Å². The highest BCUT2D eigenvalue weighted by Crippen LogP contribution is 2.30. The fraction of sp³-hybridized carbons (Fsp3) is 0.250. The van der Waals surface area contributed by atoms with Crippen molar-refractivity contribution >= 4 is 5.69 Å². The number of pyridine rings is 1. The molecular formula is C8H4F3N3O2. The zero-order valence-electron chi connectivity index (χ0n) is 7.65. The highest BCUT2D eigenvalue weighted by atomic mass is 19.3. The topological polar surface area (TPSA) is 79.8 Å². The van der Waals surface area contributed by atoms with Gasteiger partial charge in [-0.05, 0) is 0 Å². The first kappa shape index (κ1) is 11.9. The number of halogens is 3. The normalized spacial score (nSPS) is 10.2. The zero-order chi connectivity index (χ0) is 12.3. The van der Waals surface area contributed by atoms with E-state index in [0.717, 1.165) is 0 Å². The van der Waals surface area contributed by atoms with Gasteiger partial charge >= 0.3 is 0 Å². The van der Waals surface area contributed by atoms with Crippen LogP contribution in [0.15, 0.2) is 6.07 Å². The molecule has 0 N–H and O–H groups in total. The van der Waals surface area contributed by atoms with Crippen molar-refractivity contribution in [2.75, 3.05) is 0 Å². The Morgan fingerprint density at radius 3 is 2.69 bits per heavy atom. The fourth-order valence-electron chi connectivity index (χ4n) is 1.08. The summed E-state index contributed by atoms with van der Waals surface area (Å²) in [6, 6.07) is 2.26. The number of hydrogen-bond donors (Lipinski definition) is 0. The molecule has 0 bridgehead atoms. The highest BCUT2D eigenvalue weighted by Gasteiger charge is 2.28. The molecule has 1 rings (SSSR count). The summed E-state index contributed by atoms with van der Waals surface area (Å²) in [4.78, 5) is 12.4. The van der Waals surface area contributed by atoms with E-state index in [1.54, 1.807) is 6.07 Å². The molecule has 0 saturated carbocycles. The summed E-state index contributed by atoms with van der Waals surface area (Å²) in [7, 11) is 0. The van der Waals surface area contributed by atoms with Crippen LogP contribution in [-0.4, -0.2) is 9.91 Å². The smallest absolute Gasteiger partial charge is 0.258 e. The summed E-state index contributed by atoms with van der Waals surface area (Å²) < 4.78 is 37.7. The van der Waals surface area contributed by atoms with E-state index >= 15 is 0 Å². The summed E-state index contributed by atoms with van der Waals surface area (Å²) in [5, 5.41) is 18.7. The Kier molecular flexibility index (Phi) is 3.40. The SMILES string of the molecule is N#CCc1cc([N+](=O)[O-])c(C(F)F)c(F)n1. The van der Waals surface area contributed by atoms with Crippen LogP contribution in [0.1, 0.15) is 17.7 Å². The van der Waals surface area contributed by atoms with Crippen LogP contribution in [-0.2, 0) is 6.42 Å². The van der Waals surface area contributed by atoms with Gasteiger partial charge in [0.1, 0.15) is 0 Å². The maximum Gasteiger partial charge on any atom is 0.284 e. The Bertz CT molecular complexity index is 470. The Labute approximate surface area is 87.3 Å². The van der Waals surface area contributed by atoms with Gasteiger partial charge in [0.2, 0.25) is 5.95 Å². The molecule has 0 atom stereocenters. The Balaban J connectivity index is 3.40. The van der Waals surface area contributed by atoms with Crippen molar-refractivity contribution < 1.29 is 18.1 Å². The lowest BCUT2D eigenvalue weighted by Gasteiger charge is -2.03. The van der Waals surface area contributed by atoms with E-state index in [-0.39, 0.29) is 12.1 Å². The van der Waals surface area contributed by atoms with Gasteiger partial charge in [-0.25, -0.2) is 13.8 Å². The molecule has 1 aromatic rings. The first-order valence-corrected chi connectivity index (χ1v) is 3.96. The van der Waals surface area contributed by atoms with E-state index < -0.39 is 28.5 Å². The van der Waals surface area contributed by atoms with E-state index in [2.05, 4.69) is 4.98 Å². The second-order valence-corrected chi connectivity index (χ2v) is 2.73. The van der Waals surface area contributed by atoms with Gasteiger partial charge in [0.25, 0.3) is 12.1 Å². The Morgan fingerprint density at radius 2 is 2.25 bits per heavy atom. The predicted molar refractivity (Wildman–Crippen MR) is 45.1 cm³/mol. The second kappa shape index (κ2) is 4.57. The van der Waals surface area contributed by atoms with Gasteiger partial charge in [0, 0.05) is 6.07 Å². The van der Waals surface area contributed by atoms with E-state index in [1.165, 1.54) is 0 Å². The summed E-state index contributed by atoms with van der Waals surface area (Å²) in [5.41, 5.74) is -2.67. The minimum absolute atomic E-state index is 0.254. The van der Waals surface area contributed by atoms with Crippen molar-refractivity contribution in [1.29, 1.82) is 5.26 Å². The number of hydrogen-bond acceptors (Lipinski definition) is 4. The third kappa shape index (κ3) is 2.25. The van der Waals surface area contributed by atoms with Gasteiger partial charge in [-0.2, -0.15) is 9.65 Å². The summed E-state index contributed by atoms with van der Waals surface area (Å²) in [6.45, 7) is 0. The lowest BCUT2D eigenvalue weighted by molar-refractivity contribution is -0.386. The number of nitriles is 1. The van der Waals surface area contributed by atoms with Crippen LogP contribution in [0.4, 0.5) is 18.9 Å². The van der Waals surface area contributed by atoms with E-state index in [1.807, 2.05) is 0 Å². The third-order valence-electron chi connectivity index (χ3n) is 1.72. The van der Waals surface area contributed by atoms with Crippen molar-refractivity contribution in [3.8, 4) is 6.07 Å². The molecule has 1 heterocycles. The molecule has 0 spiro atoms. The maximum absolute atomic E-state index is 13.0. The number of aromatic nitrogens is 1. The van der Waals surface area contributed by atoms with Gasteiger partial charge in [0.15, 0.2) is 5.56 Å². The molecule has 0 aliphatic carbocycles. The molecule has 5 nitrogen and oxygen atoms in total. The van der Waals surface area contributed by atoms with Gasteiger partial charge in [-0.15, -0.1) is 0 Å². The minimum Gasteiger partial charge on any atom is -0.258 e. The van der Waals surface area contributed by atoms with Gasteiger partial charge in [-0.1, -0.05) is 0 Å². The molecule has 0 saturated heterocycles. The van der Waals surface area contributed by atoms with Crippen molar-refractivity contribution in [3.63, 3.8) is 0 Å². The second-order valence-electron chi connectivity index (χ2n) is 2.73. The molecular weight excluding hydrogens is 227 g/mol. The molecule has 84 valence electrons. The molecule has 0 aromatic carbocycles. The van der Waals surface area contributed by atoms with Gasteiger partial charge in [-0.3, -0.25) is 10.1 Å². The lowest BCUT2D eigenvalue weighted by Crippen LogP contribution is -2.04. The largest absolute Gasteiger partial charge is 0.284 e. The van der Waals surface area contributed by atoms with Crippen molar-refractivity contribution in [2.45, 2.75) is 12.8 Å². The average molecular weight is 231 g/mol. The standard InChI is InChI=1S/C8H4F3N3O2/c9-7(10)6-5(14(15)16)3-4(1-2-12)13-8(6)11/h3,7H,1H2. The van der Waals surface area contributed by atoms with Crippen LogP contribution >= 0.6 is 0 Å². The van der Waals surface area contributed by atoms with Crippen molar-refractivity contribution in [3.05, 3.63) is 33.4 Å². The van der Waals surface area contributed by atoms with Gasteiger partial charge < -0.3 is 0 Å². The molecule has 0 amide bonds. The molecule has 0 aliphatic rings. The predicted octanol–water partition coefficient (Wildman–Crippen LogP) is 2.13. The van der Waals surface area contributed by atoms with Crippen LogP contribution in [0.5, 0.6) is 0 Å². The molecule has 8 heteroatoms. The van der Waals surface area contributed by atoms with Crippen LogP contribution in [0, 0.1) is 27.4 Å². The zero-order valence-corrected chi connectivity index (χ0v) is 7.65. The molecule has 0 aliphatic heterocycles. The monoisotopic (exact) mass is 231 g/mol. The highest BCUT2D eigenvalue weighted by molar-refractivity contribution is 5.42. The number of alkyl halides is 2. The number of nitrogens with zero attached hydrogens (tertiary/aromatic N) is 3. The first-order valence-electron chi connectivity index (χ1n) is 3.96. The van der Waals surface area contributed by atoms with E-state index in [9.17, 15) is 23.3 Å². The molecule has 0 fully saturated rings. The average Bonchev–Trinajstić information content (AvgIpc) is 2.16. The van der Waals surface area contributed by atoms with Crippen molar-refractivity contribution in [2.24, 2.45) is 0 Å². The molecule has 16 heavy (non-hydrogen) atoms. The van der Waals surface area contributed by atoms with E-state index in [0.29, 0.717) is 6.07 Å². The Morgan fingerprint density at radius 1 is 1.62 bits per heavy atom. The number of rotatable bonds is 3. The molecule has 0 unspecified atom stereocenters. The summed E-state index contributed by atoms with van der Waals surface area (Å²) in [6.07, 6.45) is -3.72. The lowest BCUT2D eigenvalue weighted by atomic mass is 10.2. The first-order chi connectivity index (χ1) is 7.47. The third-order valence-corrected chi connectivity index (χ3v) is 1.72. The fourth-order valence-corrected chi connectivity index (χ4v) is 1.08. The van der Waals surface area contributed by atoms with Crippen molar-refractivity contribution in [1.82, 2.24) is 4.98 Å².